The quantitative estimate of drug-likeness (QED) is 0.739. The SMILES string of the molecule is O[C@@H]1CN(c2ccc(I)cc2C(F)(F)F)C[C@@H]1O. The van der Waals surface area contributed by atoms with E-state index >= 15 is 0 Å². The van der Waals surface area contributed by atoms with E-state index in [1.54, 1.807) is 6.07 Å². The van der Waals surface area contributed by atoms with Gasteiger partial charge in [-0.05, 0) is 40.8 Å². The van der Waals surface area contributed by atoms with Gasteiger partial charge in [-0.2, -0.15) is 13.2 Å². The Morgan fingerprint density at radius 2 is 1.72 bits per heavy atom. The molecule has 1 saturated heterocycles. The minimum Gasteiger partial charge on any atom is -0.389 e. The van der Waals surface area contributed by atoms with E-state index in [1.165, 1.54) is 11.0 Å². The molecule has 2 atom stereocenters. The minimum atomic E-state index is -4.45. The standard InChI is InChI=1S/C11H11F3INO2/c12-11(13,14)7-3-6(15)1-2-8(7)16-4-9(17)10(18)5-16/h1-3,9-10,17-18H,4-5H2/t9-,10+. The summed E-state index contributed by atoms with van der Waals surface area (Å²) in [6.07, 6.45) is -6.47. The molecule has 0 aromatic heterocycles. The number of halogens is 4. The largest absolute Gasteiger partial charge is 0.418 e. The molecular weight excluding hydrogens is 362 g/mol. The number of aliphatic hydroxyl groups is 2. The Labute approximate surface area is 115 Å². The van der Waals surface area contributed by atoms with Crippen molar-refractivity contribution in [3.8, 4) is 0 Å². The van der Waals surface area contributed by atoms with Crippen LogP contribution in [0.3, 0.4) is 0 Å². The number of benzene rings is 1. The first-order valence-corrected chi connectivity index (χ1v) is 6.35. The van der Waals surface area contributed by atoms with Crippen molar-refractivity contribution < 1.29 is 23.4 Å². The number of nitrogens with zero attached hydrogens (tertiary/aromatic N) is 1. The third-order valence-electron chi connectivity index (χ3n) is 2.86. The number of alkyl halides is 3. The number of anilines is 1. The Morgan fingerprint density at radius 1 is 1.17 bits per heavy atom. The predicted octanol–water partition coefficient (Wildman–Crippen LogP) is 1.85. The average molecular weight is 373 g/mol. The van der Waals surface area contributed by atoms with Crippen molar-refractivity contribution >= 4 is 28.3 Å². The summed E-state index contributed by atoms with van der Waals surface area (Å²) in [5.41, 5.74) is -0.741. The van der Waals surface area contributed by atoms with Crippen LogP contribution in [0.25, 0.3) is 0 Å². The van der Waals surface area contributed by atoms with Crippen LogP contribution >= 0.6 is 22.6 Å². The van der Waals surface area contributed by atoms with Crippen molar-refractivity contribution in [2.45, 2.75) is 18.4 Å². The predicted molar refractivity (Wildman–Crippen MR) is 68.4 cm³/mol. The fraction of sp³-hybridized carbons (Fsp3) is 0.455. The van der Waals surface area contributed by atoms with Crippen LogP contribution in [0.15, 0.2) is 18.2 Å². The van der Waals surface area contributed by atoms with E-state index in [0.29, 0.717) is 3.57 Å². The highest BCUT2D eigenvalue weighted by Gasteiger charge is 2.38. The third-order valence-corrected chi connectivity index (χ3v) is 3.53. The second-order valence-corrected chi connectivity index (χ2v) is 5.44. The summed E-state index contributed by atoms with van der Waals surface area (Å²) in [5, 5.41) is 18.8. The summed E-state index contributed by atoms with van der Waals surface area (Å²) < 4.78 is 39.3. The zero-order valence-electron chi connectivity index (χ0n) is 9.15. The van der Waals surface area contributed by atoms with E-state index in [0.717, 1.165) is 6.07 Å². The Hall–Kier alpha value is -0.540. The number of hydrogen-bond acceptors (Lipinski definition) is 3. The molecule has 18 heavy (non-hydrogen) atoms. The van der Waals surface area contributed by atoms with Crippen molar-refractivity contribution in [3.63, 3.8) is 0 Å². The first-order chi connectivity index (χ1) is 8.29. The Kier molecular flexibility index (Phi) is 3.75. The van der Waals surface area contributed by atoms with Gasteiger partial charge in [0.15, 0.2) is 0 Å². The second kappa shape index (κ2) is 4.86. The average Bonchev–Trinajstić information content (AvgIpc) is 2.57. The summed E-state index contributed by atoms with van der Waals surface area (Å²) >= 11 is 1.82. The monoisotopic (exact) mass is 373 g/mol. The summed E-state index contributed by atoms with van der Waals surface area (Å²) in [4.78, 5) is 1.36. The van der Waals surface area contributed by atoms with E-state index < -0.39 is 23.9 Å². The van der Waals surface area contributed by atoms with Crippen LogP contribution in [0.4, 0.5) is 18.9 Å². The lowest BCUT2D eigenvalue weighted by Crippen LogP contribution is -2.24. The lowest BCUT2D eigenvalue weighted by atomic mass is 10.1. The molecule has 1 aliphatic rings. The Bertz CT molecular complexity index is 442. The zero-order chi connectivity index (χ0) is 13.5. The summed E-state index contributed by atoms with van der Waals surface area (Å²) in [7, 11) is 0. The molecule has 7 heteroatoms. The van der Waals surface area contributed by atoms with Gasteiger partial charge in [-0.3, -0.25) is 0 Å². The van der Waals surface area contributed by atoms with E-state index in [-0.39, 0.29) is 18.8 Å². The fourth-order valence-electron chi connectivity index (χ4n) is 1.98. The van der Waals surface area contributed by atoms with Crippen molar-refractivity contribution in [1.82, 2.24) is 0 Å². The molecule has 100 valence electrons. The molecule has 2 N–H and O–H groups in total. The van der Waals surface area contributed by atoms with Gasteiger partial charge in [0.1, 0.15) is 0 Å². The molecule has 2 rings (SSSR count). The highest BCUT2D eigenvalue weighted by Crippen LogP contribution is 2.38. The van der Waals surface area contributed by atoms with Gasteiger partial charge >= 0.3 is 6.18 Å². The first kappa shape index (κ1) is 13.9. The van der Waals surface area contributed by atoms with Crippen LogP contribution in [0.5, 0.6) is 0 Å². The van der Waals surface area contributed by atoms with Crippen LogP contribution in [-0.2, 0) is 6.18 Å². The normalized spacial score (nSPS) is 24.7. The van der Waals surface area contributed by atoms with Gasteiger partial charge in [-0.15, -0.1) is 0 Å². The van der Waals surface area contributed by atoms with E-state index in [2.05, 4.69) is 0 Å². The molecule has 1 heterocycles. The maximum atomic E-state index is 12.9. The van der Waals surface area contributed by atoms with Gasteiger partial charge in [0.05, 0.1) is 17.8 Å². The summed E-state index contributed by atoms with van der Waals surface area (Å²) in [6.45, 7) is 0.00960. The van der Waals surface area contributed by atoms with E-state index in [1.807, 2.05) is 22.6 Å². The molecule has 1 fully saturated rings. The summed E-state index contributed by atoms with van der Waals surface area (Å²) in [6, 6.07) is 4.00. The first-order valence-electron chi connectivity index (χ1n) is 5.27. The lowest BCUT2D eigenvalue weighted by Gasteiger charge is -2.22. The molecule has 3 nitrogen and oxygen atoms in total. The van der Waals surface area contributed by atoms with Crippen molar-refractivity contribution in [1.29, 1.82) is 0 Å². The van der Waals surface area contributed by atoms with Gasteiger partial charge < -0.3 is 15.1 Å². The van der Waals surface area contributed by atoms with Crippen LogP contribution in [-0.4, -0.2) is 35.5 Å². The van der Waals surface area contributed by atoms with Crippen LogP contribution in [0.2, 0.25) is 0 Å². The number of β-amino-alcohol motifs (C(OH)–C–C–N with tert-alkyl or cyclic N) is 2. The third kappa shape index (κ3) is 2.72. The summed E-state index contributed by atoms with van der Waals surface area (Å²) in [5.74, 6) is 0. The molecule has 0 amide bonds. The maximum absolute atomic E-state index is 12.9. The molecule has 0 aliphatic carbocycles. The number of hydrogen-bond donors (Lipinski definition) is 2. The highest BCUT2D eigenvalue weighted by molar-refractivity contribution is 14.1. The molecule has 1 aromatic rings. The van der Waals surface area contributed by atoms with Crippen LogP contribution in [0, 0.1) is 3.57 Å². The molecule has 0 radical (unpaired) electrons. The number of rotatable bonds is 1. The van der Waals surface area contributed by atoms with Crippen LogP contribution < -0.4 is 4.90 Å². The van der Waals surface area contributed by atoms with Gasteiger partial charge in [-0.25, -0.2) is 0 Å². The van der Waals surface area contributed by atoms with Crippen molar-refractivity contribution in [2.24, 2.45) is 0 Å². The van der Waals surface area contributed by atoms with Crippen LogP contribution in [0.1, 0.15) is 5.56 Å². The molecule has 1 aromatic carbocycles. The fourth-order valence-corrected chi connectivity index (χ4v) is 2.47. The van der Waals surface area contributed by atoms with Gasteiger partial charge in [0.25, 0.3) is 0 Å². The molecular formula is C11H11F3INO2. The highest BCUT2D eigenvalue weighted by atomic mass is 127. The second-order valence-electron chi connectivity index (χ2n) is 4.20. The van der Waals surface area contributed by atoms with Gasteiger partial charge in [0, 0.05) is 22.3 Å². The minimum absolute atomic E-state index is 0.00137. The lowest BCUT2D eigenvalue weighted by molar-refractivity contribution is -0.137. The maximum Gasteiger partial charge on any atom is 0.418 e. The van der Waals surface area contributed by atoms with Gasteiger partial charge in [-0.1, -0.05) is 0 Å². The molecule has 1 aliphatic heterocycles. The number of aliphatic hydroxyl groups excluding tert-OH is 2. The molecule has 0 unspecified atom stereocenters. The molecule has 0 bridgehead atoms. The van der Waals surface area contributed by atoms with Crippen molar-refractivity contribution in [3.05, 3.63) is 27.3 Å². The Balaban J connectivity index is 2.39. The van der Waals surface area contributed by atoms with E-state index in [4.69, 9.17) is 0 Å². The Morgan fingerprint density at radius 3 is 2.22 bits per heavy atom. The van der Waals surface area contributed by atoms with Gasteiger partial charge in [0.2, 0.25) is 0 Å². The topological polar surface area (TPSA) is 43.7 Å². The smallest absolute Gasteiger partial charge is 0.389 e. The molecule has 0 saturated carbocycles. The van der Waals surface area contributed by atoms with Crippen molar-refractivity contribution in [2.75, 3.05) is 18.0 Å². The molecule has 0 spiro atoms. The zero-order valence-corrected chi connectivity index (χ0v) is 11.3. The van der Waals surface area contributed by atoms with E-state index in [9.17, 15) is 23.4 Å².